The van der Waals surface area contributed by atoms with E-state index in [2.05, 4.69) is 10.3 Å². The summed E-state index contributed by atoms with van der Waals surface area (Å²) >= 11 is 0. The van der Waals surface area contributed by atoms with Crippen molar-refractivity contribution in [3.05, 3.63) is 0 Å². The molecule has 58 valence electrons. The number of hydrazine groups is 1. The van der Waals surface area contributed by atoms with Gasteiger partial charge in [-0.15, -0.1) is 0 Å². The standard InChI is InChI=1S/C7H15N3/c8-9-7-2-4-10-3-1-6(7)5-10/h6-7,9H,1-5,8H2. The number of hydrogen-bond donors (Lipinski definition) is 2. The van der Waals surface area contributed by atoms with E-state index >= 15 is 0 Å². The molecule has 3 atom stereocenters. The topological polar surface area (TPSA) is 41.3 Å². The lowest BCUT2D eigenvalue weighted by atomic mass is 9.95. The summed E-state index contributed by atoms with van der Waals surface area (Å²) in [7, 11) is 0. The third kappa shape index (κ3) is 0.944. The van der Waals surface area contributed by atoms with Crippen molar-refractivity contribution in [3.8, 4) is 0 Å². The predicted molar refractivity (Wildman–Crippen MR) is 40.3 cm³/mol. The Morgan fingerprint density at radius 3 is 2.90 bits per heavy atom. The van der Waals surface area contributed by atoms with Gasteiger partial charge in [0.15, 0.2) is 0 Å². The first-order valence-electron chi connectivity index (χ1n) is 4.08. The molecule has 0 spiro atoms. The first-order valence-corrected chi connectivity index (χ1v) is 4.08. The lowest BCUT2D eigenvalue weighted by Gasteiger charge is -2.29. The molecule has 2 rings (SSSR count). The number of fused-ring (bicyclic) bond motifs is 2. The minimum absolute atomic E-state index is 0.596. The van der Waals surface area contributed by atoms with Gasteiger partial charge in [-0.3, -0.25) is 11.3 Å². The van der Waals surface area contributed by atoms with Gasteiger partial charge in [-0.2, -0.15) is 0 Å². The number of nitrogens with one attached hydrogen (secondary N) is 1. The molecule has 0 radical (unpaired) electrons. The Morgan fingerprint density at radius 1 is 1.30 bits per heavy atom. The molecule has 2 aliphatic heterocycles. The van der Waals surface area contributed by atoms with Crippen molar-refractivity contribution in [2.45, 2.75) is 18.9 Å². The normalized spacial score (nSPS) is 45.9. The van der Waals surface area contributed by atoms with Crippen molar-refractivity contribution in [2.75, 3.05) is 19.6 Å². The molecular formula is C7H15N3. The van der Waals surface area contributed by atoms with Crippen LogP contribution < -0.4 is 11.3 Å². The van der Waals surface area contributed by atoms with Gasteiger partial charge in [0.1, 0.15) is 0 Å². The molecule has 10 heavy (non-hydrogen) atoms. The Labute approximate surface area is 61.5 Å². The number of piperidine rings is 1. The summed E-state index contributed by atoms with van der Waals surface area (Å²) < 4.78 is 0. The number of nitrogens with zero attached hydrogens (tertiary/aromatic N) is 1. The van der Waals surface area contributed by atoms with Crippen molar-refractivity contribution in [3.63, 3.8) is 0 Å². The van der Waals surface area contributed by atoms with Gasteiger partial charge in [0.05, 0.1) is 0 Å². The van der Waals surface area contributed by atoms with Crippen molar-refractivity contribution in [2.24, 2.45) is 11.8 Å². The zero-order valence-electron chi connectivity index (χ0n) is 6.21. The second-order valence-electron chi connectivity index (χ2n) is 3.41. The van der Waals surface area contributed by atoms with Crippen molar-refractivity contribution < 1.29 is 0 Å². The van der Waals surface area contributed by atoms with E-state index in [9.17, 15) is 0 Å². The minimum Gasteiger partial charge on any atom is -0.303 e. The van der Waals surface area contributed by atoms with Gasteiger partial charge < -0.3 is 4.90 Å². The van der Waals surface area contributed by atoms with Gasteiger partial charge in [-0.05, 0) is 31.8 Å². The maximum atomic E-state index is 5.42. The Hall–Kier alpha value is -0.120. The number of hydrogen-bond acceptors (Lipinski definition) is 3. The highest BCUT2D eigenvalue weighted by Gasteiger charge is 2.33. The van der Waals surface area contributed by atoms with Crippen LogP contribution in [0.5, 0.6) is 0 Å². The minimum atomic E-state index is 0.596. The van der Waals surface area contributed by atoms with Crippen LogP contribution in [0.15, 0.2) is 0 Å². The van der Waals surface area contributed by atoms with Crippen LogP contribution in [-0.4, -0.2) is 30.6 Å². The number of nitrogens with two attached hydrogens (primary N) is 1. The molecule has 0 aromatic heterocycles. The average molecular weight is 141 g/mol. The summed E-state index contributed by atoms with van der Waals surface area (Å²) in [6, 6.07) is 0.596. The molecule has 0 aliphatic carbocycles. The van der Waals surface area contributed by atoms with Gasteiger partial charge >= 0.3 is 0 Å². The monoisotopic (exact) mass is 141 g/mol. The quantitative estimate of drug-likeness (QED) is 0.383. The van der Waals surface area contributed by atoms with Crippen LogP contribution in [0, 0.1) is 5.92 Å². The van der Waals surface area contributed by atoms with E-state index in [1.165, 1.54) is 32.5 Å². The van der Waals surface area contributed by atoms with Gasteiger partial charge in [0.25, 0.3) is 0 Å². The first-order chi connectivity index (χ1) is 4.90. The molecule has 0 amide bonds. The zero-order chi connectivity index (χ0) is 6.97. The van der Waals surface area contributed by atoms with Gasteiger partial charge in [-0.25, -0.2) is 0 Å². The third-order valence-corrected chi connectivity index (χ3v) is 2.85. The molecule has 3 nitrogen and oxygen atoms in total. The summed E-state index contributed by atoms with van der Waals surface area (Å²) in [6.07, 6.45) is 2.58. The summed E-state index contributed by atoms with van der Waals surface area (Å²) in [5.74, 6) is 6.25. The SMILES string of the molecule is NNC1CCN2CCC1C2. The van der Waals surface area contributed by atoms with Crippen LogP contribution in [-0.2, 0) is 0 Å². The van der Waals surface area contributed by atoms with Crippen LogP contribution in [0.3, 0.4) is 0 Å². The molecule has 2 fully saturated rings. The maximum Gasteiger partial charge on any atom is 0.0263 e. The zero-order valence-corrected chi connectivity index (χ0v) is 6.21. The molecule has 2 bridgehead atoms. The van der Waals surface area contributed by atoms with Crippen LogP contribution in [0.2, 0.25) is 0 Å². The molecule has 2 heterocycles. The van der Waals surface area contributed by atoms with Crippen LogP contribution >= 0.6 is 0 Å². The van der Waals surface area contributed by atoms with Crippen molar-refractivity contribution >= 4 is 0 Å². The number of rotatable bonds is 1. The van der Waals surface area contributed by atoms with E-state index in [0.717, 1.165) is 5.92 Å². The van der Waals surface area contributed by atoms with Gasteiger partial charge in [-0.1, -0.05) is 0 Å². The van der Waals surface area contributed by atoms with E-state index in [1.807, 2.05) is 0 Å². The fourth-order valence-electron chi connectivity index (χ4n) is 2.17. The van der Waals surface area contributed by atoms with E-state index in [-0.39, 0.29) is 0 Å². The smallest absolute Gasteiger partial charge is 0.0263 e. The molecule has 2 aliphatic rings. The fraction of sp³-hybridized carbons (Fsp3) is 1.00. The first kappa shape index (κ1) is 6.58. The molecule has 0 saturated carbocycles. The highest BCUT2D eigenvalue weighted by atomic mass is 15.3. The van der Waals surface area contributed by atoms with Gasteiger partial charge in [0, 0.05) is 12.6 Å². The van der Waals surface area contributed by atoms with E-state index in [1.54, 1.807) is 0 Å². The Kier molecular flexibility index (Phi) is 1.64. The van der Waals surface area contributed by atoms with E-state index < -0.39 is 0 Å². The van der Waals surface area contributed by atoms with Crippen molar-refractivity contribution in [1.29, 1.82) is 0 Å². The molecule has 3 unspecified atom stereocenters. The second kappa shape index (κ2) is 2.49. The highest BCUT2D eigenvalue weighted by Crippen LogP contribution is 2.26. The van der Waals surface area contributed by atoms with Crippen LogP contribution in [0.1, 0.15) is 12.8 Å². The third-order valence-electron chi connectivity index (χ3n) is 2.85. The lowest BCUT2D eigenvalue weighted by Crippen LogP contribution is -2.46. The van der Waals surface area contributed by atoms with Crippen molar-refractivity contribution in [1.82, 2.24) is 10.3 Å². The molecular weight excluding hydrogens is 126 g/mol. The highest BCUT2D eigenvalue weighted by molar-refractivity contribution is 4.89. The summed E-state index contributed by atoms with van der Waals surface area (Å²) in [4.78, 5) is 2.53. The fourth-order valence-corrected chi connectivity index (χ4v) is 2.17. The average Bonchev–Trinajstić information content (AvgIpc) is 2.34. The van der Waals surface area contributed by atoms with Crippen LogP contribution in [0.25, 0.3) is 0 Å². The van der Waals surface area contributed by atoms with Gasteiger partial charge in [0.2, 0.25) is 0 Å². The molecule has 2 saturated heterocycles. The van der Waals surface area contributed by atoms with Crippen LogP contribution in [0.4, 0.5) is 0 Å². The van der Waals surface area contributed by atoms with E-state index in [4.69, 9.17) is 5.84 Å². The summed E-state index contributed by atoms with van der Waals surface area (Å²) in [6.45, 7) is 3.81. The Morgan fingerprint density at radius 2 is 2.10 bits per heavy atom. The Balaban J connectivity index is 2.00. The second-order valence-corrected chi connectivity index (χ2v) is 3.41. The predicted octanol–water partition coefficient (Wildman–Crippen LogP) is -0.456. The van der Waals surface area contributed by atoms with E-state index in [0.29, 0.717) is 6.04 Å². The maximum absolute atomic E-state index is 5.42. The Bertz CT molecular complexity index is 126. The molecule has 3 N–H and O–H groups in total. The summed E-state index contributed by atoms with van der Waals surface area (Å²) in [5.41, 5.74) is 2.90. The molecule has 0 aromatic carbocycles. The molecule has 0 aromatic rings. The molecule has 3 heteroatoms. The largest absolute Gasteiger partial charge is 0.303 e. The summed E-state index contributed by atoms with van der Waals surface area (Å²) in [5, 5.41) is 0. The lowest BCUT2D eigenvalue weighted by molar-refractivity contribution is 0.222.